The Labute approximate surface area is 71.2 Å². The van der Waals surface area contributed by atoms with Gasteiger partial charge in [-0.25, -0.2) is 4.39 Å². The molecule has 0 atom stereocenters. The number of aliphatic hydroxyl groups excluding tert-OH is 1. The van der Waals surface area contributed by atoms with E-state index < -0.39 is 0 Å². The third kappa shape index (κ3) is 2.47. The zero-order valence-electron chi connectivity index (χ0n) is 6.70. The molecule has 0 aliphatic carbocycles. The fourth-order valence-corrected chi connectivity index (χ4v) is 0.987. The summed E-state index contributed by atoms with van der Waals surface area (Å²) in [5, 5.41) is 8.68. The van der Waals surface area contributed by atoms with E-state index in [1.807, 2.05) is 30.3 Å². The molecule has 0 heterocycles. The minimum Gasteiger partial charge on any atom is -0.392 e. The normalized spacial score (nSPS) is 11.7. The first-order valence-corrected chi connectivity index (χ1v) is 3.79. The van der Waals surface area contributed by atoms with Crippen molar-refractivity contribution in [1.82, 2.24) is 0 Å². The van der Waals surface area contributed by atoms with E-state index in [4.69, 9.17) is 5.11 Å². The van der Waals surface area contributed by atoms with Gasteiger partial charge in [-0.05, 0) is 17.6 Å². The number of aliphatic hydroxyl groups is 1. The number of benzene rings is 1. The maximum absolute atomic E-state index is 12.0. The molecule has 0 bridgehead atoms. The van der Waals surface area contributed by atoms with E-state index in [0.29, 0.717) is 18.3 Å². The first kappa shape index (κ1) is 8.94. The first-order valence-electron chi connectivity index (χ1n) is 3.79. The Morgan fingerprint density at radius 1 is 1.33 bits per heavy atom. The van der Waals surface area contributed by atoms with Crippen LogP contribution in [-0.4, -0.2) is 11.7 Å². The molecule has 0 unspecified atom stereocenters. The molecular formula is C10H11FO. The van der Waals surface area contributed by atoms with Crippen molar-refractivity contribution in [3.63, 3.8) is 0 Å². The third-order valence-corrected chi connectivity index (χ3v) is 1.63. The molecule has 1 nitrogen and oxygen atoms in total. The molecule has 0 radical (unpaired) electrons. The van der Waals surface area contributed by atoms with Crippen molar-refractivity contribution < 1.29 is 9.50 Å². The van der Waals surface area contributed by atoms with E-state index in [-0.39, 0.29) is 6.61 Å². The van der Waals surface area contributed by atoms with Crippen LogP contribution in [0.25, 0.3) is 0 Å². The molecule has 0 saturated heterocycles. The molecule has 64 valence electrons. The maximum Gasteiger partial charge on any atom is 0.0885 e. The van der Waals surface area contributed by atoms with Gasteiger partial charge in [0.05, 0.1) is 12.9 Å². The Morgan fingerprint density at radius 2 is 2.00 bits per heavy atom. The average Bonchev–Trinajstić information content (AvgIpc) is 2.16. The molecule has 0 saturated carbocycles. The summed E-state index contributed by atoms with van der Waals surface area (Å²) in [5.74, 6) is 0. The van der Waals surface area contributed by atoms with E-state index in [1.54, 1.807) is 0 Å². The summed E-state index contributed by atoms with van der Waals surface area (Å²) in [4.78, 5) is 0. The lowest BCUT2D eigenvalue weighted by molar-refractivity contribution is 0.325. The predicted octanol–water partition coefficient (Wildman–Crippen LogP) is 2.07. The maximum atomic E-state index is 12.0. The lowest BCUT2D eigenvalue weighted by Crippen LogP contribution is -1.94. The monoisotopic (exact) mass is 166 g/mol. The highest BCUT2D eigenvalue weighted by molar-refractivity contribution is 5.21. The number of halogens is 1. The van der Waals surface area contributed by atoms with Crippen molar-refractivity contribution in [1.29, 1.82) is 0 Å². The van der Waals surface area contributed by atoms with Crippen LogP contribution >= 0.6 is 0 Å². The van der Waals surface area contributed by atoms with Crippen LogP contribution in [0.3, 0.4) is 0 Å². The highest BCUT2D eigenvalue weighted by atomic mass is 19.1. The molecule has 12 heavy (non-hydrogen) atoms. The molecular weight excluding hydrogens is 155 g/mol. The van der Waals surface area contributed by atoms with E-state index in [9.17, 15) is 4.39 Å². The van der Waals surface area contributed by atoms with E-state index in [1.165, 1.54) is 0 Å². The SMILES string of the molecule is OC/C(=C\F)Cc1ccccc1. The Balaban J connectivity index is 2.64. The van der Waals surface area contributed by atoms with Crippen LogP contribution in [0.5, 0.6) is 0 Å². The van der Waals surface area contributed by atoms with Crippen molar-refractivity contribution >= 4 is 0 Å². The quantitative estimate of drug-likeness (QED) is 0.728. The van der Waals surface area contributed by atoms with Crippen LogP contribution in [0.1, 0.15) is 5.56 Å². The minimum absolute atomic E-state index is 0.217. The topological polar surface area (TPSA) is 20.2 Å². The summed E-state index contributed by atoms with van der Waals surface area (Å²) in [6, 6.07) is 9.49. The number of hydrogen-bond donors (Lipinski definition) is 1. The van der Waals surface area contributed by atoms with Gasteiger partial charge in [0.15, 0.2) is 0 Å². The standard InChI is InChI=1S/C10H11FO/c11-7-10(8-12)6-9-4-2-1-3-5-9/h1-5,7,12H,6,8H2/b10-7-. The number of hydrogen-bond acceptors (Lipinski definition) is 1. The highest BCUT2D eigenvalue weighted by Crippen LogP contribution is 2.06. The zero-order valence-corrected chi connectivity index (χ0v) is 6.70. The van der Waals surface area contributed by atoms with Crippen LogP contribution in [0.15, 0.2) is 42.2 Å². The highest BCUT2D eigenvalue weighted by Gasteiger charge is 1.96. The van der Waals surface area contributed by atoms with Gasteiger partial charge in [-0.3, -0.25) is 0 Å². The fourth-order valence-electron chi connectivity index (χ4n) is 0.987. The van der Waals surface area contributed by atoms with Crippen molar-refractivity contribution in [2.24, 2.45) is 0 Å². The molecule has 1 aromatic rings. The Hall–Kier alpha value is -1.15. The lowest BCUT2D eigenvalue weighted by atomic mass is 10.1. The Bertz CT molecular complexity index is 254. The van der Waals surface area contributed by atoms with Gasteiger partial charge in [0.25, 0.3) is 0 Å². The van der Waals surface area contributed by atoms with Crippen molar-refractivity contribution in [2.45, 2.75) is 6.42 Å². The number of rotatable bonds is 3. The molecule has 1 rings (SSSR count). The van der Waals surface area contributed by atoms with Crippen molar-refractivity contribution in [2.75, 3.05) is 6.61 Å². The van der Waals surface area contributed by atoms with Gasteiger partial charge in [-0.2, -0.15) is 0 Å². The first-order chi connectivity index (χ1) is 5.86. The summed E-state index contributed by atoms with van der Waals surface area (Å²) in [6.45, 7) is -0.217. The average molecular weight is 166 g/mol. The molecule has 1 aromatic carbocycles. The minimum atomic E-state index is -0.217. The molecule has 0 spiro atoms. The van der Waals surface area contributed by atoms with Gasteiger partial charge in [-0.15, -0.1) is 0 Å². The van der Waals surface area contributed by atoms with Crippen LogP contribution < -0.4 is 0 Å². The second kappa shape index (κ2) is 4.67. The van der Waals surface area contributed by atoms with Crippen molar-refractivity contribution in [3.8, 4) is 0 Å². The molecule has 0 fully saturated rings. The molecule has 0 aliphatic heterocycles. The van der Waals surface area contributed by atoms with Crippen LogP contribution in [-0.2, 0) is 6.42 Å². The van der Waals surface area contributed by atoms with Gasteiger partial charge in [0, 0.05) is 0 Å². The largest absolute Gasteiger partial charge is 0.392 e. The molecule has 0 aliphatic rings. The third-order valence-electron chi connectivity index (χ3n) is 1.63. The summed E-state index contributed by atoms with van der Waals surface area (Å²) in [7, 11) is 0. The predicted molar refractivity (Wildman–Crippen MR) is 46.4 cm³/mol. The van der Waals surface area contributed by atoms with Crippen LogP contribution in [0, 0.1) is 0 Å². The second-order valence-corrected chi connectivity index (χ2v) is 2.59. The molecule has 2 heteroatoms. The Morgan fingerprint density at radius 3 is 2.50 bits per heavy atom. The van der Waals surface area contributed by atoms with Gasteiger partial charge < -0.3 is 5.11 Å². The summed E-state index contributed by atoms with van der Waals surface area (Å²) < 4.78 is 12.0. The Kier molecular flexibility index (Phi) is 3.48. The van der Waals surface area contributed by atoms with Gasteiger partial charge >= 0.3 is 0 Å². The summed E-state index contributed by atoms with van der Waals surface area (Å²) in [6.07, 6.45) is 0.945. The van der Waals surface area contributed by atoms with Crippen LogP contribution in [0.2, 0.25) is 0 Å². The molecule has 0 amide bonds. The summed E-state index contributed by atoms with van der Waals surface area (Å²) in [5.41, 5.74) is 1.41. The van der Waals surface area contributed by atoms with Gasteiger partial charge in [0.1, 0.15) is 0 Å². The van der Waals surface area contributed by atoms with Crippen molar-refractivity contribution in [3.05, 3.63) is 47.8 Å². The van der Waals surface area contributed by atoms with Crippen LogP contribution in [0.4, 0.5) is 4.39 Å². The van der Waals surface area contributed by atoms with E-state index >= 15 is 0 Å². The van der Waals surface area contributed by atoms with E-state index in [2.05, 4.69) is 0 Å². The van der Waals surface area contributed by atoms with Gasteiger partial charge in [0.2, 0.25) is 0 Å². The second-order valence-electron chi connectivity index (χ2n) is 2.59. The van der Waals surface area contributed by atoms with Gasteiger partial charge in [-0.1, -0.05) is 30.3 Å². The fraction of sp³-hybridized carbons (Fsp3) is 0.200. The van der Waals surface area contributed by atoms with E-state index in [0.717, 1.165) is 5.56 Å². The zero-order chi connectivity index (χ0) is 8.81. The smallest absolute Gasteiger partial charge is 0.0885 e. The summed E-state index contributed by atoms with van der Waals surface area (Å²) >= 11 is 0. The molecule has 0 aromatic heterocycles. The lowest BCUT2D eigenvalue weighted by Gasteiger charge is -2.00. The molecule has 1 N–H and O–H groups in total.